The summed E-state index contributed by atoms with van der Waals surface area (Å²) in [5.74, 6) is 0.277. The third kappa shape index (κ3) is 5.94. The molecule has 84 valence electrons. The summed E-state index contributed by atoms with van der Waals surface area (Å²) in [5.41, 5.74) is 0. The van der Waals surface area contributed by atoms with Crippen molar-refractivity contribution in [2.24, 2.45) is 5.92 Å². The fourth-order valence-electron chi connectivity index (χ4n) is 1.30. The molecule has 0 heterocycles. The third-order valence-corrected chi connectivity index (χ3v) is 1.94. The van der Waals surface area contributed by atoms with Crippen LogP contribution in [0.3, 0.4) is 0 Å². The highest BCUT2D eigenvalue weighted by Gasteiger charge is 2.14. The molecule has 0 aliphatic carbocycles. The Hall–Kier alpha value is -0.610. The number of carbonyl (C=O) groups excluding carboxylic acids is 1. The summed E-state index contributed by atoms with van der Waals surface area (Å²) in [6.07, 6.45) is -0.00136. The molecule has 0 saturated heterocycles. The monoisotopic (exact) mass is 203 g/mol. The van der Waals surface area contributed by atoms with Gasteiger partial charge in [-0.2, -0.15) is 0 Å². The minimum Gasteiger partial charge on any atom is -0.392 e. The quantitative estimate of drug-likeness (QED) is 0.684. The highest BCUT2D eigenvalue weighted by Crippen LogP contribution is 2.05. The van der Waals surface area contributed by atoms with Crippen LogP contribution >= 0.6 is 0 Å². The number of likely N-dealkylation sites (N-methyl/N-ethyl adjacent to an activating group) is 1. The van der Waals surface area contributed by atoms with Crippen LogP contribution < -0.4 is 0 Å². The lowest BCUT2D eigenvalue weighted by Crippen LogP contribution is -2.34. The van der Waals surface area contributed by atoms with E-state index in [1.165, 1.54) is 0 Å². The molecule has 4 heteroatoms. The molecule has 14 heavy (non-hydrogen) atoms. The Labute approximate surface area is 85.9 Å². The Kier molecular flexibility index (Phi) is 6.49. The molecule has 1 N–H and O–H groups in total. The van der Waals surface area contributed by atoms with E-state index in [1.54, 1.807) is 26.0 Å². The van der Waals surface area contributed by atoms with Crippen LogP contribution in [-0.2, 0) is 9.53 Å². The number of carbonyl (C=O) groups is 1. The van der Waals surface area contributed by atoms with Crippen molar-refractivity contribution in [1.29, 1.82) is 0 Å². The average molecular weight is 203 g/mol. The maximum absolute atomic E-state index is 11.5. The van der Waals surface area contributed by atoms with Gasteiger partial charge in [0.1, 0.15) is 0 Å². The molecule has 0 spiro atoms. The second-order valence-electron chi connectivity index (χ2n) is 3.89. The van der Waals surface area contributed by atoms with Crippen molar-refractivity contribution in [3.63, 3.8) is 0 Å². The van der Waals surface area contributed by atoms with Gasteiger partial charge in [0.05, 0.1) is 6.10 Å². The molecule has 0 aromatic heterocycles. The van der Waals surface area contributed by atoms with E-state index in [0.717, 1.165) is 0 Å². The first-order valence-electron chi connectivity index (χ1n) is 4.88. The lowest BCUT2D eigenvalue weighted by Gasteiger charge is -2.20. The lowest BCUT2D eigenvalue weighted by atomic mass is 10.1. The summed E-state index contributed by atoms with van der Waals surface area (Å²) in [7, 11) is 3.33. The maximum atomic E-state index is 11.5. The highest BCUT2D eigenvalue weighted by molar-refractivity contribution is 5.76. The molecule has 1 amide bonds. The number of methoxy groups -OCH3 is 1. The zero-order valence-corrected chi connectivity index (χ0v) is 9.49. The van der Waals surface area contributed by atoms with E-state index in [2.05, 4.69) is 0 Å². The standard InChI is InChI=1S/C10H21NO3/c1-8(7-14-4)5-10(13)11(3)6-9(2)12/h8-9,12H,5-7H2,1-4H3. The first kappa shape index (κ1) is 13.4. The van der Waals surface area contributed by atoms with E-state index in [4.69, 9.17) is 9.84 Å². The first-order valence-corrected chi connectivity index (χ1v) is 4.88. The second-order valence-corrected chi connectivity index (χ2v) is 3.89. The molecule has 0 aromatic carbocycles. The smallest absolute Gasteiger partial charge is 0.222 e. The molecule has 2 unspecified atom stereocenters. The Morgan fingerprint density at radius 2 is 2.07 bits per heavy atom. The zero-order valence-electron chi connectivity index (χ0n) is 9.49. The summed E-state index contributed by atoms with van der Waals surface area (Å²) in [6, 6.07) is 0. The number of ether oxygens (including phenoxy) is 1. The van der Waals surface area contributed by atoms with Crippen molar-refractivity contribution >= 4 is 5.91 Å². The van der Waals surface area contributed by atoms with Crippen LogP contribution in [0.25, 0.3) is 0 Å². The van der Waals surface area contributed by atoms with Crippen molar-refractivity contribution in [1.82, 2.24) is 4.90 Å². The molecule has 0 aliphatic rings. The van der Waals surface area contributed by atoms with E-state index in [9.17, 15) is 4.79 Å². The predicted molar refractivity (Wildman–Crippen MR) is 55.0 cm³/mol. The van der Waals surface area contributed by atoms with E-state index >= 15 is 0 Å². The van der Waals surface area contributed by atoms with Crippen LogP contribution in [0.15, 0.2) is 0 Å². The van der Waals surface area contributed by atoms with Crippen molar-refractivity contribution in [3.05, 3.63) is 0 Å². The maximum Gasteiger partial charge on any atom is 0.222 e. The molecule has 0 aliphatic heterocycles. The van der Waals surface area contributed by atoms with Gasteiger partial charge in [0.2, 0.25) is 5.91 Å². The average Bonchev–Trinajstić information content (AvgIpc) is 2.02. The predicted octanol–water partition coefficient (Wildman–Crippen LogP) is 0.498. The minimum absolute atomic E-state index is 0.0513. The van der Waals surface area contributed by atoms with Gasteiger partial charge >= 0.3 is 0 Å². The van der Waals surface area contributed by atoms with Gasteiger partial charge in [-0.15, -0.1) is 0 Å². The van der Waals surface area contributed by atoms with Crippen molar-refractivity contribution in [2.45, 2.75) is 26.4 Å². The molecular weight excluding hydrogens is 182 g/mol. The molecule has 4 nitrogen and oxygen atoms in total. The van der Waals surface area contributed by atoms with Gasteiger partial charge in [-0.3, -0.25) is 4.79 Å². The summed E-state index contributed by atoms with van der Waals surface area (Å²) in [5, 5.41) is 9.09. The lowest BCUT2D eigenvalue weighted by molar-refractivity contribution is -0.132. The molecule has 0 radical (unpaired) electrons. The van der Waals surface area contributed by atoms with Crippen LogP contribution in [0.2, 0.25) is 0 Å². The van der Waals surface area contributed by atoms with E-state index in [0.29, 0.717) is 19.6 Å². The normalized spacial score (nSPS) is 14.9. The van der Waals surface area contributed by atoms with Crippen LogP contribution in [-0.4, -0.2) is 49.3 Å². The van der Waals surface area contributed by atoms with Gasteiger partial charge in [0.25, 0.3) is 0 Å². The number of hydrogen-bond acceptors (Lipinski definition) is 3. The molecule has 2 atom stereocenters. The van der Waals surface area contributed by atoms with E-state index < -0.39 is 6.10 Å². The highest BCUT2D eigenvalue weighted by atomic mass is 16.5. The second kappa shape index (κ2) is 6.79. The topological polar surface area (TPSA) is 49.8 Å². The summed E-state index contributed by atoms with van der Waals surface area (Å²) in [6.45, 7) is 4.62. The van der Waals surface area contributed by atoms with Crippen LogP contribution in [0.4, 0.5) is 0 Å². The van der Waals surface area contributed by atoms with Crippen LogP contribution in [0.1, 0.15) is 20.3 Å². The molecule has 0 saturated carbocycles. The summed E-state index contributed by atoms with van der Waals surface area (Å²) in [4.78, 5) is 13.1. The van der Waals surface area contributed by atoms with Crippen molar-refractivity contribution < 1.29 is 14.6 Å². The molecular formula is C10H21NO3. The van der Waals surface area contributed by atoms with Gasteiger partial charge in [-0.25, -0.2) is 0 Å². The number of hydrogen-bond donors (Lipinski definition) is 1. The van der Waals surface area contributed by atoms with Gasteiger partial charge < -0.3 is 14.7 Å². The Morgan fingerprint density at radius 3 is 2.50 bits per heavy atom. The Morgan fingerprint density at radius 1 is 1.50 bits per heavy atom. The largest absolute Gasteiger partial charge is 0.392 e. The van der Waals surface area contributed by atoms with Gasteiger partial charge in [-0.05, 0) is 12.8 Å². The minimum atomic E-state index is -0.471. The number of amides is 1. The Bertz CT molecular complexity index is 171. The van der Waals surface area contributed by atoms with Gasteiger partial charge in [0, 0.05) is 33.7 Å². The summed E-state index contributed by atoms with van der Waals surface area (Å²) >= 11 is 0. The first-order chi connectivity index (χ1) is 6.47. The van der Waals surface area contributed by atoms with Crippen LogP contribution in [0, 0.1) is 5.92 Å². The number of nitrogens with zero attached hydrogens (tertiary/aromatic N) is 1. The van der Waals surface area contributed by atoms with Gasteiger partial charge in [-0.1, -0.05) is 6.92 Å². The van der Waals surface area contributed by atoms with Gasteiger partial charge in [0.15, 0.2) is 0 Å². The third-order valence-electron chi connectivity index (χ3n) is 1.94. The number of aliphatic hydroxyl groups excluding tert-OH is 1. The fourth-order valence-corrected chi connectivity index (χ4v) is 1.30. The van der Waals surface area contributed by atoms with Crippen LogP contribution in [0.5, 0.6) is 0 Å². The molecule has 0 fully saturated rings. The molecule has 0 aromatic rings. The number of rotatable bonds is 6. The van der Waals surface area contributed by atoms with E-state index in [-0.39, 0.29) is 11.8 Å². The van der Waals surface area contributed by atoms with E-state index in [1.807, 2.05) is 6.92 Å². The summed E-state index contributed by atoms with van der Waals surface area (Å²) < 4.78 is 4.95. The Balaban J connectivity index is 3.82. The zero-order chi connectivity index (χ0) is 11.1. The number of aliphatic hydroxyl groups is 1. The molecule has 0 rings (SSSR count). The molecule has 0 bridgehead atoms. The SMILES string of the molecule is COCC(C)CC(=O)N(C)CC(C)O. The fraction of sp³-hybridized carbons (Fsp3) is 0.900. The van der Waals surface area contributed by atoms with Crippen molar-refractivity contribution in [2.75, 3.05) is 27.3 Å². The van der Waals surface area contributed by atoms with Crippen molar-refractivity contribution in [3.8, 4) is 0 Å².